The second-order valence-electron chi connectivity index (χ2n) is 3.49. The van der Waals surface area contributed by atoms with Gasteiger partial charge in [0.2, 0.25) is 0 Å². The van der Waals surface area contributed by atoms with Crippen LogP contribution in [0.5, 0.6) is 0 Å². The molecule has 1 nitrogen and oxygen atoms in total. The molecule has 0 aromatic rings. The normalized spacial score (nSPS) is 20.1. The molecule has 0 fully saturated rings. The Balaban J connectivity index is 2.61. The molecular weight excluding hydrogens is 112 g/mol. The van der Waals surface area contributed by atoms with Gasteiger partial charge in [-0.05, 0) is 11.0 Å². The molecule has 1 heteroatoms. The number of ether oxygens (including phenoxy) is 1. The second kappa shape index (κ2) is 2.14. The van der Waals surface area contributed by atoms with Crippen LogP contribution in [0.15, 0.2) is 11.6 Å². The summed E-state index contributed by atoms with van der Waals surface area (Å²) in [6, 6.07) is 0. The van der Waals surface area contributed by atoms with Gasteiger partial charge in [0.25, 0.3) is 0 Å². The molecule has 0 unspecified atom stereocenters. The van der Waals surface area contributed by atoms with Gasteiger partial charge < -0.3 is 4.74 Å². The summed E-state index contributed by atoms with van der Waals surface area (Å²) < 4.78 is 5.19. The van der Waals surface area contributed by atoms with Crippen LogP contribution in [0.4, 0.5) is 0 Å². The highest BCUT2D eigenvalue weighted by Crippen LogP contribution is 2.27. The van der Waals surface area contributed by atoms with Crippen molar-refractivity contribution >= 4 is 0 Å². The van der Waals surface area contributed by atoms with Crippen molar-refractivity contribution in [1.29, 1.82) is 0 Å². The minimum atomic E-state index is 0.316. The van der Waals surface area contributed by atoms with Gasteiger partial charge in [-0.3, -0.25) is 0 Å². The lowest BCUT2D eigenvalue weighted by Crippen LogP contribution is -2.10. The van der Waals surface area contributed by atoms with Crippen molar-refractivity contribution in [3.63, 3.8) is 0 Å². The molecule has 0 N–H and O–H groups in total. The zero-order valence-corrected chi connectivity index (χ0v) is 6.40. The van der Waals surface area contributed by atoms with Gasteiger partial charge >= 0.3 is 0 Å². The van der Waals surface area contributed by atoms with Crippen LogP contribution in [-0.4, -0.2) is 13.2 Å². The molecule has 0 radical (unpaired) electrons. The van der Waals surface area contributed by atoms with E-state index in [1.54, 1.807) is 0 Å². The van der Waals surface area contributed by atoms with E-state index in [0.717, 1.165) is 13.2 Å². The standard InChI is InChI=1S/C8H14O/c1-8(2,3)7-4-5-9-6-7/h4H,5-6H2,1-3H3. The predicted molar refractivity (Wildman–Crippen MR) is 38.4 cm³/mol. The molecule has 1 aliphatic rings. The Kier molecular flexibility index (Phi) is 1.62. The topological polar surface area (TPSA) is 9.23 Å². The smallest absolute Gasteiger partial charge is 0.0687 e. The molecule has 0 spiro atoms. The maximum absolute atomic E-state index is 5.19. The summed E-state index contributed by atoms with van der Waals surface area (Å²) >= 11 is 0. The van der Waals surface area contributed by atoms with Crippen LogP contribution in [0.3, 0.4) is 0 Å². The molecule has 1 rings (SSSR count). The third kappa shape index (κ3) is 1.55. The van der Waals surface area contributed by atoms with Gasteiger partial charge in [-0.1, -0.05) is 26.8 Å². The third-order valence-electron chi connectivity index (χ3n) is 1.67. The van der Waals surface area contributed by atoms with Gasteiger partial charge in [-0.25, -0.2) is 0 Å². The molecular formula is C8H14O. The van der Waals surface area contributed by atoms with Crippen LogP contribution in [-0.2, 0) is 4.74 Å². The molecule has 9 heavy (non-hydrogen) atoms. The van der Waals surface area contributed by atoms with E-state index in [0.29, 0.717) is 5.41 Å². The van der Waals surface area contributed by atoms with Crippen LogP contribution in [0, 0.1) is 5.41 Å². The highest BCUT2D eigenvalue weighted by molar-refractivity contribution is 5.14. The van der Waals surface area contributed by atoms with Crippen molar-refractivity contribution in [3.8, 4) is 0 Å². The Morgan fingerprint density at radius 2 is 2.11 bits per heavy atom. The zero-order chi connectivity index (χ0) is 6.91. The Bertz CT molecular complexity index is 128. The summed E-state index contributed by atoms with van der Waals surface area (Å²) in [5.41, 5.74) is 1.75. The third-order valence-corrected chi connectivity index (χ3v) is 1.67. The van der Waals surface area contributed by atoms with E-state index in [-0.39, 0.29) is 0 Å². The maximum Gasteiger partial charge on any atom is 0.0687 e. The zero-order valence-electron chi connectivity index (χ0n) is 6.40. The molecule has 0 saturated heterocycles. The van der Waals surface area contributed by atoms with Crippen LogP contribution in [0.1, 0.15) is 20.8 Å². The summed E-state index contributed by atoms with van der Waals surface area (Å²) in [5.74, 6) is 0. The first kappa shape index (κ1) is 6.81. The van der Waals surface area contributed by atoms with E-state index in [1.807, 2.05) is 0 Å². The average Bonchev–Trinajstić information content (AvgIpc) is 2.08. The van der Waals surface area contributed by atoms with Crippen molar-refractivity contribution in [3.05, 3.63) is 11.6 Å². The molecule has 1 heterocycles. The van der Waals surface area contributed by atoms with Crippen molar-refractivity contribution in [2.45, 2.75) is 20.8 Å². The van der Waals surface area contributed by atoms with E-state index in [2.05, 4.69) is 26.8 Å². The van der Waals surface area contributed by atoms with Crippen molar-refractivity contribution in [1.82, 2.24) is 0 Å². The van der Waals surface area contributed by atoms with Crippen molar-refractivity contribution in [2.75, 3.05) is 13.2 Å². The number of hydrogen-bond acceptors (Lipinski definition) is 1. The van der Waals surface area contributed by atoms with Crippen LogP contribution in [0.25, 0.3) is 0 Å². The van der Waals surface area contributed by atoms with Crippen LogP contribution >= 0.6 is 0 Å². The Morgan fingerprint density at radius 3 is 2.33 bits per heavy atom. The van der Waals surface area contributed by atoms with E-state index < -0.39 is 0 Å². The fourth-order valence-corrected chi connectivity index (χ4v) is 0.910. The van der Waals surface area contributed by atoms with Crippen molar-refractivity contribution in [2.24, 2.45) is 5.41 Å². The Morgan fingerprint density at radius 1 is 1.44 bits per heavy atom. The summed E-state index contributed by atoms with van der Waals surface area (Å²) in [7, 11) is 0. The molecule has 0 bridgehead atoms. The van der Waals surface area contributed by atoms with Gasteiger partial charge in [0.15, 0.2) is 0 Å². The first-order valence-corrected chi connectivity index (χ1v) is 3.38. The summed E-state index contributed by atoms with van der Waals surface area (Å²) in [6.45, 7) is 8.30. The predicted octanol–water partition coefficient (Wildman–Crippen LogP) is 1.99. The van der Waals surface area contributed by atoms with Crippen LogP contribution < -0.4 is 0 Å². The molecule has 1 aliphatic heterocycles. The quantitative estimate of drug-likeness (QED) is 0.451. The highest BCUT2D eigenvalue weighted by Gasteiger charge is 2.19. The summed E-state index contributed by atoms with van der Waals surface area (Å²) in [4.78, 5) is 0. The van der Waals surface area contributed by atoms with Gasteiger partial charge in [0.1, 0.15) is 0 Å². The highest BCUT2D eigenvalue weighted by atomic mass is 16.5. The minimum absolute atomic E-state index is 0.316. The van der Waals surface area contributed by atoms with Gasteiger partial charge in [0, 0.05) is 0 Å². The molecule has 0 aromatic heterocycles. The Hall–Kier alpha value is -0.300. The minimum Gasteiger partial charge on any atom is -0.373 e. The Labute approximate surface area is 56.7 Å². The molecule has 0 aliphatic carbocycles. The molecule has 0 atom stereocenters. The molecule has 0 saturated carbocycles. The second-order valence-corrected chi connectivity index (χ2v) is 3.49. The first-order chi connectivity index (χ1) is 4.11. The number of rotatable bonds is 0. The molecule has 0 amide bonds. The van der Waals surface area contributed by atoms with Crippen molar-refractivity contribution < 1.29 is 4.74 Å². The van der Waals surface area contributed by atoms with Gasteiger partial charge in [-0.2, -0.15) is 0 Å². The fourth-order valence-electron chi connectivity index (χ4n) is 0.910. The van der Waals surface area contributed by atoms with E-state index >= 15 is 0 Å². The summed E-state index contributed by atoms with van der Waals surface area (Å²) in [6.07, 6.45) is 2.18. The van der Waals surface area contributed by atoms with Gasteiger partial charge in [-0.15, -0.1) is 0 Å². The lowest BCUT2D eigenvalue weighted by atomic mass is 9.87. The van der Waals surface area contributed by atoms with Crippen LogP contribution in [0.2, 0.25) is 0 Å². The SMILES string of the molecule is CC(C)(C)C1=CCOC1. The van der Waals surface area contributed by atoms with E-state index in [9.17, 15) is 0 Å². The maximum atomic E-state index is 5.19. The monoisotopic (exact) mass is 126 g/mol. The van der Waals surface area contributed by atoms with E-state index in [1.165, 1.54) is 5.57 Å². The average molecular weight is 126 g/mol. The lowest BCUT2D eigenvalue weighted by molar-refractivity contribution is 0.198. The number of hydrogen-bond donors (Lipinski definition) is 0. The summed E-state index contributed by atoms with van der Waals surface area (Å²) in [5, 5.41) is 0. The van der Waals surface area contributed by atoms with Gasteiger partial charge in [0.05, 0.1) is 13.2 Å². The first-order valence-electron chi connectivity index (χ1n) is 3.38. The molecule has 52 valence electrons. The lowest BCUT2D eigenvalue weighted by Gasteiger charge is -2.18. The fraction of sp³-hybridized carbons (Fsp3) is 0.750. The largest absolute Gasteiger partial charge is 0.373 e. The molecule has 0 aromatic carbocycles. The van der Waals surface area contributed by atoms with E-state index in [4.69, 9.17) is 4.74 Å².